The summed E-state index contributed by atoms with van der Waals surface area (Å²) in [5.74, 6) is -0.863. The van der Waals surface area contributed by atoms with Crippen molar-refractivity contribution in [3.05, 3.63) is 11.6 Å². The molecule has 0 saturated heterocycles. The van der Waals surface area contributed by atoms with Crippen LogP contribution in [0.4, 0.5) is 0 Å². The van der Waals surface area contributed by atoms with Gasteiger partial charge in [0.1, 0.15) is 0 Å². The van der Waals surface area contributed by atoms with E-state index in [1.807, 2.05) is 18.7 Å². The standard InChI is InChI=1S/C11H19NO2S/c1-9(6-10(13)14)7-12-8-11(15-2)4-3-5-11/h6,12H,3-5,7-8H2,1-2H3,(H,13,14). The average Bonchev–Trinajstić information content (AvgIpc) is 2.08. The molecule has 2 N–H and O–H groups in total. The molecule has 1 aliphatic rings. The van der Waals surface area contributed by atoms with Crippen LogP contribution in [-0.2, 0) is 4.79 Å². The van der Waals surface area contributed by atoms with E-state index in [9.17, 15) is 4.79 Å². The van der Waals surface area contributed by atoms with Gasteiger partial charge in [-0.25, -0.2) is 4.79 Å². The monoisotopic (exact) mass is 229 g/mol. The third-order valence-electron chi connectivity index (χ3n) is 2.92. The van der Waals surface area contributed by atoms with Crippen molar-refractivity contribution in [3.8, 4) is 0 Å². The number of nitrogens with one attached hydrogen (secondary N) is 1. The van der Waals surface area contributed by atoms with E-state index in [0.717, 1.165) is 12.1 Å². The third-order valence-corrected chi connectivity index (χ3v) is 4.34. The van der Waals surface area contributed by atoms with Crippen LogP contribution in [0.3, 0.4) is 0 Å². The maximum Gasteiger partial charge on any atom is 0.328 e. The van der Waals surface area contributed by atoms with Crippen LogP contribution in [0, 0.1) is 0 Å². The highest BCUT2D eigenvalue weighted by molar-refractivity contribution is 8.00. The van der Waals surface area contributed by atoms with Gasteiger partial charge in [0.05, 0.1) is 0 Å². The maximum atomic E-state index is 10.4. The molecule has 0 unspecified atom stereocenters. The highest BCUT2D eigenvalue weighted by atomic mass is 32.2. The van der Waals surface area contributed by atoms with Crippen molar-refractivity contribution in [2.75, 3.05) is 19.3 Å². The zero-order chi connectivity index (χ0) is 11.3. The number of rotatable bonds is 6. The zero-order valence-electron chi connectivity index (χ0n) is 9.38. The minimum Gasteiger partial charge on any atom is -0.478 e. The molecule has 0 spiro atoms. The van der Waals surface area contributed by atoms with Crippen LogP contribution in [0.25, 0.3) is 0 Å². The van der Waals surface area contributed by atoms with Crippen molar-refractivity contribution in [1.29, 1.82) is 0 Å². The van der Waals surface area contributed by atoms with Gasteiger partial charge in [-0.1, -0.05) is 12.0 Å². The third kappa shape index (κ3) is 3.87. The summed E-state index contributed by atoms with van der Waals surface area (Å²) >= 11 is 1.93. The van der Waals surface area contributed by atoms with Crippen LogP contribution >= 0.6 is 11.8 Å². The Hall–Kier alpha value is -0.480. The first-order chi connectivity index (χ1) is 7.08. The average molecular weight is 229 g/mol. The van der Waals surface area contributed by atoms with Gasteiger partial charge in [0, 0.05) is 23.9 Å². The molecule has 0 atom stereocenters. The van der Waals surface area contributed by atoms with E-state index in [2.05, 4.69) is 11.6 Å². The number of aliphatic carboxylic acids is 1. The van der Waals surface area contributed by atoms with Gasteiger partial charge >= 0.3 is 5.97 Å². The molecule has 1 rings (SSSR count). The first-order valence-electron chi connectivity index (χ1n) is 5.24. The van der Waals surface area contributed by atoms with E-state index in [4.69, 9.17) is 5.11 Å². The Bertz CT molecular complexity index is 254. The Morgan fingerprint density at radius 2 is 2.27 bits per heavy atom. The van der Waals surface area contributed by atoms with Gasteiger partial charge in [-0.15, -0.1) is 0 Å². The largest absolute Gasteiger partial charge is 0.478 e. The molecule has 0 amide bonds. The summed E-state index contributed by atoms with van der Waals surface area (Å²) in [5.41, 5.74) is 0.873. The first-order valence-corrected chi connectivity index (χ1v) is 6.46. The minimum atomic E-state index is -0.863. The fraction of sp³-hybridized carbons (Fsp3) is 0.727. The number of carbonyl (C=O) groups is 1. The Balaban J connectivity index is 2.23. The first kappa shape index (κ1) is 12.6. The zero-order valence-corrected chi connectivity index (χ0v) is 10.2. The number of carboxylic acids is 1. The predicted octanol–water partition coefficient (Wildman–Crippen LogP) is 1.89. The van der Waals surface area contributed by atoms with Crippen LogP contribution < -0.4 is 5.32 Å². The quantitative estimate of drug-likeness (QED) is 0.683. The number of thioether (sulfide) groups is 1. The SMILES string of the molecule is CSC1(CNCC(C)=CC(=O)O)CCC1. The molecule has 86 valence electrons. The van der Waals surface area contributed by atoms with E-state index < -0.39 is 5.97 Å². The van der Waals surface area contributed by atoms with E-state index in [-0.39, 0.29) is 0 Å². The van der Waals surface area contributed by atoms with Crippen molar-refractivity contribution in [2.24, 2.45) is 0 Å². The Morgan fingerprint density at radius 3 is 2.67 bits per heavy atom. The molecular formula is C11H19NO2S. The maximum absolute atomic E-state index is 10.4. The van der Waals surface area contributed by atoms with Crippen molar-refractivity contribution in [3.63, 3.8) is 0 Å². The van der Waals surface area contributed by atoms with Gasteiger partial charge < -0.3 is 10.4 Å². The van der Waals surface area contributed by atoms with Crippen LogP contribution in [0.15, 0.2) is 11.6 Å². The lowest BCUT2D eigenvalue weighted by Crippen LogP contribution is -2.43. The molecule has 0 aromatic heterocycles. The van der Waals surface area contributed by atoms with Gasteiger partial charge in [-0.3, -0.25) is 0 Å². The van der Waals surface area contributed by atoms with Gasteiger partial charge in [0.2, 0.25) is 0 Å². The summed E-state index contributed by atoms with van der Waals surface area (Å²) in [6, 6.07) is 0. The smallest absolute Gasteiger partial charge is 0.328 e. The lowest BCUT2D eigenvalue weighted by Gasteiger charge is -2.40. The summed E-state index contributed by atoms with van der Waals surface area (Å²) in [6.45, 7) is 3.50. The van der Waals surface area contributed by atoms with E-state index >= 15 is 0 Å². The molecule has 4 heteroatoms. The molecule has 15 heavy (non-hydrogen) atoms. The molecule has 1 saturated carbocycles. The fourth-order valence-electron chi connectivity index (χ4n) is 1.77. The van der Waals surface area contributed by atoms with Gasteiger partial charge in [-0.2, -0.15) is 11.8 Å². The van der Waals surface area contributed by atoms with Crippen molar-refractivity contribution in [2.45, 2.75) is 30.9 Å². The van der Waals surface area contributed by atoms with E-state index in [0.29, 0.717) is 11.3 Å². The summed E-state index contributed by atoms with van der Waals surface area (Å²) in [4.78, 5) is 10.4. The summed E-state index contributed by atoms with van der Waals surface area (Å²) in [6.07, 6.45) is 7.30. The molecule has 0 radical (unpaired) electrons. The van der Waals surface area contributed by atoms with E-state index in [1.54, 1.807) is 0 Å². The number of hydrogen-bond donors (Lipinski definition) is 2. The second kappa shape index (κ2) is 5.56. The topological polar surface area (TPSA) is 49.3 Å². The Morgan fingerprint density at radius 1 is 1.60 bits per heavy atom. The molecule has 3 nitrogen and oxygen atoms in total. The molecule has 0 aromatic rings. The molecule has 0 aromatic carbocycles. The minimum absolute atomic E-state index is 0.420. The van der Waals surface area contributed by atoms with Gasteiger partial charge in [0.25, 0.3) is 0 Å². The molecule has 1 fully saturated rings. The molecular weight excluding hydrogens is 210 g/mol. The Labute approximate surface area is 95.3 Å². The van der Waals surface area contributed by atoms with E-state index in [1.165, 1.54) is 25.3 Å². The fourth-order valence-corrected chi connectivity index (χ4v) is 2.72. The van der Waals surface area contributed by atoms with Crippen LogP contribution in [0.5, 0.6) is 0 Å². The predicted molar refractivity (Wildman–Crippen MR) is 64.4 cm³/mol. The molecule has 1 aliphatic carbocycles. The summed E-state index contributed by atoms with van der Waals surface area (Å²) < 4.78 is 0.420. The van der Waals surface area contributed by atoms with Crippen LogP contribution in [0.2, 0.25) is 0 Å². The molecule has 0 heterocycles. The van der Waals surface area contributed by atoms with Crippen molar-refractivity contribution in [1.82, 2.24) is 5.32 Å². The van der Waals surface area contributed by atoms with Gasteiger partial charge in [0.15, 0.2) is 0 Å². The van der Waals surface area contributed by atoms with Crippen LogP contribution in [0.1, 0.15) is 26.2 Å². The Kier molecular flexibility index (Phi) is 4.67. The molecule has 0 aliphatic heterocycles. The summed E-state index contributed by atoms with van der Waals surface area (Å²) in [5, 5.41) is 11.9. The second-order valence-corrected chi connectivity index (χ2v) is 5.45. The lowest BCUT2D eigenvalue weighted by molar-refractivity contribution is -0.131. The number of hydrogen-bond acceptors (Lipinski definition) is 3. The highest BCUT2D eigenvalue weighted by Crippen LogP contribution is 2.42. The van der Waals surface area contributed by atoms with Crippen LogP contribution in [-0.4, -0.2) is 35.2 Å². The number of carboxylic acid groups (broad SMARTS) is 1. The van der Waals surface area contributed by atoms with Gasteiger partial charge in [-0.05, 0) is 26.0 Å². The summed E-state index contributed by atoms with van der Waals surface area (Å²) in [7, 11) is 0. The normalized spacial score (nSPS) is 19.7. The second-order valence-electron chi connectivity index (χ2n) is 4.17. The van der Waals surface area contributed by atoms with Crippen molar-refractivity contribution >= 4 is 17.7 Å². The highest BCUT2D eigenvalue weighted by Gasteiger charge is 2.35. The van der Waals surface area contributed by atoms with Crippen molar-refractivity contribution < 1.29 is 9.90 Å². The molecule has 0 bridgehead atoms. The lowest BCUT2D eigenvalue weighted by atomic mass is 9.84.